The van der Waals surface area contributed by atoms with Crippen molar-refractivity contribution in [2.45, 2.75) is 57.4 Å². The van der Waals surface area contributed by atoms with Crippen LogP contribution in [0.5, 0.6) is 0 Å². The van der Waals surface area contributed by atoms with Gasteiger partial charge in [-0.25, -0.2) is 0 Å². The van der Waals surface area contributed by atoms with Crippen LogP contribution in [-0.4, -0.2) is 30.7 Å². The molecule has 16 heavy (non-hydrogen) atoms. The Morgan fingerprint density at radius 3 is 2.25 bits per heavy atom. The molecular weight excluding hydrogens is 212 g/mol. The van der Waals surface area contributed by atoms with Gasteiger partial charge >= 0.3 is 0 Å². The summed E-state index contributed by atoms with van der Waals surface area (Å²) in [5.41, 5.74) is -1.48. The summed E-state index contributed by atoms with van der Waals surface area (Å²) in [6.07, 6.45) is 1.81. The van der Waals surface area contributed by atoms with Crippen LogP contribution in [0.3, 0.4) is 0 Å². The first-order chi connectivity index (χ1) is 7.34. The summed E-state index contributed by atoms with van der Waals surface area (Å²) in [7, 11) is 0. The molecule has 94 valence electrons. The van der Waals surface area contributed by atoms with Gasteiger partial charge < -0.3 is 4.74 Å². The van der Waals surface area contributed by atoms with Crippen molar-refractivity contribution >= 4 is 0 Å². The summed E-state index contributed by atoms with van der Waals surface area (Å²) >= 11 is 0. The Hall–Kier alpha value is -0.220. The highest BCUT2D eigenvalue weighted by Gasteiger charge is 2.59. The SMILES string of the molecule is CC1CC(C)(C)OC2(CC(CF)(CF)C2)N1. The molecule has 1 N–H and O–H groups in total. The van der Waals surface area contributed by atoms with Gasteiger partial charge in [0.05, 0.1) is 19.0 Å². The van der Waals surface area contributed by atoms with Gasteiger partial charge in [-0.3, -0.25) is 14.1 Å². The lowest BCUT2D eigenvalue weighted by molar-refractivity contribution is -0.273. The number of ether oxygens (including phenoxy) is 1. The third-order valence-electron chi connectivity index (χ3n) is 3.67. The predicted molar refractivity (Wildman–Crippen MR) is 58.7 cm³/mol. The maximum Gasteiger partial charge on any atom is 0.121 e. The van der Waals surface area contributed by atoms with E-state index in [2.05, 4.69) is 12.2 Å². The van der Waals surface area contributed by atoms with Crippen LogP contribution in [0.25, 0.3) is 0 Å². The standard InChI is InChI=1S/C12H21F2NO/c1-9-4-10(2,3)16-12(15-9)5-11(6-12,7-13)8-14/h9,15H,4-8H2,1-3H3. The van der Waals surface area contributed by atoms with Crippen LogP contribution in [-0.2, 0) is 4.74 Å². The maximum absolute atomic E-state index is 12.8. The first-order valence-electron chi connectivity index (χ1n) is 5.94. The average Bonchev–Trinajstić information content (AvgIpc) is 2.10. The molecule has 2 nitrogen and oxygen atoms in total. The smallest absolute Gasteiger partial charge is 0.121 e. The van der Waals surface area contributed by atoms with Gasteiger partial charge in [0.25, 0.3) is 0 Å². The van der Waals surface area contributed by atoms with Gasteiger partial charge in [-0.15, -0.1) is 0 Å². The summed E-state index contributed by atoms with van der Waals surface area (Å²) in [4.78, 5) is 0. The first kappa shape index (κ1) is 12.2. The van der Waals surface area contributed by atoms with Crippen LogP contribution in [0, 0.1) is 5.41 Å². The second kappa shape index (κ2) is 3.64. The lowest BCUT2D eigenvalue weighted by Crippen LogP contribution is -2.70. The van der Waals surface area contributed by atoms with E-state index >= 15 is 0 Å². The highest BCUT2D eigenvalue weighted by molar-refractivity contribution is 5.07. The third-order valence-corrected chi connectivity index (χ3v) is 3.67. The van der Waals surface area contributed by atoms with E-state index in [1.54, 1.807) is 0 Å². The topological polar surface area (TPSA) is 21.3 Å². The number of hydrogen-bond acceptors (Lipinski definition) is 2. The molecule has 1 aliphatic heterocycles. The quantitative estimate of drug-likeness (QED) is 0.791. The van der Waals surface area contributed by atoms with E-state index in [1.165, 1.54) is 0 Å². The largest absolute Gasteiger partial charge is 0.355 e. The number of alkyl halides is 2. The Kier molecular flexibility index (Phi) is 2.78. The van der Waals surface area contributed by atoms with Gasteiger partial charge in [-0.05, 0) is 27.2 Å². The fraction of sp³-hybridized carbons (Fsp3) is 1.00. The van der Waals surface area contributed by atoms with Crippen molar-refractivity contribution in [3.05, 3.63) is 0 Å². The molecule has 0 aromatic heterocycles. The Morgan fingerprint density at radius 1 is 1.25 bits per heavy atom. The van der Waals surface area contributed by atoms with Crippen molar-refractivity contribution in [3.8, 4) is 0 Å². The number of halogens is 2. The zero-order valence-electron chi connectivity index (χ0n) is 10.3. The van der Waals surface area contributed by atoms with Crippen molar-refractivity contribution in [2.75, 3.05) is 13.3 Å². The average molecular weight is 233 g/mol. The minimum Gasteiger partial charge on any atom is -0.355 e. The number of nitrogens with one attached hydrogen (secondary N) is 1. The van der Waals surface area contributed by atoms with Crippen LogP contribution >= 0.6 is 0 Å². The van der Waals surface area contributed by atoms with E-state index in [1.807, 2.05) is 13.8 Å². The van der Waals surface area contributed by atoms with Crippen LogP contribution < -0.4 is 5.32 Å². The molecule has 0 amide bonds. The molecule has 1 aliphatic carbocycles. The minimum atomic E-state index is -0.792. The monoisotopic (exact) mass is 233 g/mol. The second-order valence-corrected chi connectivity index (χ2v) is 6.23. The zero-order valence-corrected chi connectivity index (χ0v) is 10.3. The Morgan fingerprint density at radius 2 is 1.81 bits per heavy atom. The number of hydrogen-bond donors (Lipinski definition) is 1. The fourth-order valence-corrected chi connectivity index (χ4v) is 3.40. The summed E-state index contributed by atoms with van der Waals surface area (Å²) in [6.45, 7) is 4.99. The molecule has 1 unspecified atom stereocenters. The summed E-state index contributed by atoms with van der Waals surface area (Å²) in [5, 5.41) is 3.35. The van der Waals surface area contributed by atoms with Gasteiger partial charge in [0.2, 0.25) is 0 Å². The van der Waals surface area contributed by atoms with Crippen LogP contribution in [0.15, 0.2) is 0 Å². The molecule has 1 heterocycles. The Labute approximate surface area is 95.7 Å². The van der Waals surface area contributed by atoms with Crippen molar-refractivity contribution in [1.82, 2.24) is 5.32 Å². The number of rotatable bonds is 2. The molecule has 1 atom stereocenters. The van der Waals surface area contributed by atoms with E-state index < -0.39 is 24.5 Å². The van der Waals surface area contributed by atoms with E-state index in [4.69, 9.17) is 4.74 Å². The van der Waals surface area contributed by atoms with Crippen LogP contribution in [0.2, 0.25) is 0 Å². The van der Waals surface area contributed by atoms with Gasteiger partial charge in [0.1, 0.15) is 5.72 Å². The van der Waals surface area contributed by atoms with Gasteiger partial charge in [-0.1, -0.05) is 0 Å². The molecule has 1 saturated carbocycles. The molecule has 2 aliphatic rings. The molecule has 1 saturated heterocycles. The molecule has 0 radical (unpaired) electrons. The normalized spacial score (nSPS) is 34.7. The van der Waals surface area contributed by atoms with Crippen molar-refractivity contribution in [1.29, 1.82) is 0 Å². The third kappa shape index (κ3) is 1.97. The van der Waals surface area contributed by atoms with Crippen molar-refractivity contribution < 1.29 is 13.5 Å². The lowest BCUT2D eigenvalue weighted by Gasteiger charge is -2.60. The van der Waals surface area contributed by atoms with Gasteiger partial charge in [0.15, 0.2) is 0 Å². The molecule has 2 fully saturated rings. The first-order valence-corrected chi connectivity index (χ1v) is 5.94. The molecule has 2 rings (SSSR count). The van der Waals surface area contributed by atoms with Crippen molar-refractivity contribution in [2.24, 2.45) is 5.41 Å². The lowest BCUT2D eigenvalue weighted by atomic mass is 9.63. The van der Waals surface area contributed by atoms with Gasteiger partial charge in [-0.2, -0.15) is 0 Å². The fourth-order valence-electron chi connectivity index (χ4n) is 3.40. The summed E-state index contributed by atoms with van der Waals surface area (Å²) in [5.74, 6) is 0. The van der Waals surface area contributed by atoms with E-state index in [-0.39, 0.29) is 5.60 Å². The molecule has 0 bridgehead atoms. The Bertz CT molecular complexity index is 268. The predicted octanol–water partition coefficient (Wildman–Crippen LogP) is 2.58. The summed E-state index contributed by atoms with van der Waals surface area (Å²) < 4.78 is 31.6. The van der Waals surface area contributed by atoms with E-state index in [0.717, 1.165) is 6.42 Å². The Balaban J connectivity index is 2.06. The summed E-state index contributed by atoms with van der Waals surface area (Å²) in [6, 6.07) is 0.334. The molecule has 1 spiro atoms. The molecule has 4 heteroatoms. The van der Waals surface area contributed by atoms with E-state index in [9.17, 15) is 8.78 Å². The minimum absolute atomic E-state index is 0.205. The maximum atomic E-state index is 12.8. The molecule has 0 aromatic rings. The zero-order chi connectivity index (χ0) is 12.0. The highest BCUT2D eigenvalue weighted by atomic mass is 19.1. The van der Waals surface area contributed by atoms with Crippen LogP contribution in [0.1, 0.15) is 40.0 Å². The van der Waals surface area contributed by atoms with Crippen LogP contribution in [0.4, 0.5) is 8.78 Å². The molecule has 0 aromatic carbocycles. The highest BCUT2D eigenvalue weighted by Crippen LogP contribution is 2.53. The second-order valence-electron chi connectivity index (χ2n) is 6.23. The van der Waals surface area contributed by atoms with Crippen molar-refractivity contribution in [3.63, 3.8) is 0 Å². The molecular formula is C12H21F2NO. The van der Waals surface area contributed by atoms with Gasteiger partial charge in [0, 0.05) is 24.3 Å². The van der Waals surface area contributed by atoms with E-state index in [0.29, 0.717) is 18.9 Å².